The number of aliphatic hydroxyl groups excluding tert-OH is 1. The minimum atomic E-state index is 0.0532. The lowest BCUT2D eigenvalue weighted by atomic mass is 10.1. The topological polar surface area (TPSA) is 59.3 Å². The fraction of sp³-hybridized carbons (Fsp3) is 0.438. The van der Waals surface area contributed by atoms with Crippen molar-refractivity contribution in [1.82, 2.24) is 9.78 Å². The van der Waals surface area contributed by atoms with Crippen molar-refractivity contribution in [2.24, 2.45) is 0 Å². The predicted octanol–water partition coefficient (Wildman–Crippen LogP) is 2.79. The zero-order chi connectivity index (χ0) is 15.4. The number of aromatic nitrogens is 2. The third-order valence-electron chi connectivity index (χ3n) is 3.74. The van der Waals surface area contributed by atoms with Crippen molar-refractivity contribution in [1.29, 1.82) is 0 Å². The Labute approximate surface area is 134 Å². The summed E-state index contributed by atoms with van der Waals surface area (Å²) in [6.07, 6.45) is 2.15. The van der Waals surface area contributed by atoms with Crippen LogP contribution in [0.25, 0.3) is 11.3 Å². The molecule has 2 aromatic rings. The first-order valence-corrected chi connectivity index (χ1v) is 7.93. The predicted molar refractivity (Wildman–Crippen MR) is 87.2 cm³/mol. The number of benzene rings is 1. The standard InChI is InChI=1S/C16H20ClN3O2/c17-13-5-3-12(4-6-13)15-10-16(20(19-15)7-8-21)18-14-2-1-9-22-11-14/h3-6,10,14,18,21H,1-2,7-9,11H2. The number of hydrogen-bond donors (Lipinski definition) is 2. The van der Waals surface area contributed by atoms with Crippen LogP contribution in [0, 0.1) is 0 Å². The van der Waals surface area contributed by atoms with E-state index in [9.17, 15) is 5.11 Å². The Kier molecular flexibility index (Phi) is 4.97. The van der Waals surface area contributed by atoms with E-state index in [0.29, 0.717) is 24.2 Å². The summed E-state index contributed by atoms with van der Waals surface area (Å²) in [6, 6.07) is 9.89. The molecule has 0 spiro atoms. The Morgan fingerprint density at radius 1 is 1.36 bits per heavy atom. The Hall–Kier alpha value is -1.56. The van der Waals surface area contributed by atoms with Crippen LogP contribution in [0.1, 0.15) is 12.8 Å². The summed E-state index contributed by atoms with van der Waals surface area (Å²) in [5.41, 5.74) is 1.87. The Morgan fingerprint density at radius 3 is 2.86 bits per heavy atom. The number of nitrogens with zero attached hydrogens (tertiary/aromatic N) is 2. The highest BCUT2D eigenvalue weighted by Gasteiger charge is 2.17. The largest absolute Gasteiger partial charge is 0.394 e. The van der Waals surface area contributed by atoms with E-state index in [-0.39, 0.29) is 6.61 Å². The van der Waals surface area contributed by atoms with Gasteiger partial charge in [-0.2, -0.15) is 5.10 Å². The maximum atomic E-state index is 9.24. The number of ether oxygens (including phenoxy) is 1. The molecule has 22 heavy (non-hydrogen) atoms. The van der Waals surface area contributed by atoms with Crippen LogP contribution in [0.3, 0.4) is 0 Å². The van der Waals surface area contributed by atoms with E-state index in [4.69, 9.17) is 16.3 Å². The van der Waals surface area contributed by atoms with Gasteiger partial charge in [-0.15, -0.1) is 0 Å². The number of halogens is 1. The molecule has 6 heteroatoms. The first kappa shape index (κ1) is 15.3. The van der Waals surface area contributed by atoms with E-state index < -0.39 is 0 Å². The monoisotopic (exact) mass is 321 g/mol. The molecule has 0 radical (unpaired) electrons. The van der Waals surface area contributed by atoms with E-state index in [1.165, 1.54) is 0 Å². The minimum absolute atomic E-state index is 0.0532. The van der Waals surface area contributed by atoms with Crippen LogP contribution in [-0.4, -0.2) is 40.7 Å². The van der Waals surface area contributed by atoms with E-state index >= 15 is 0 Å². The van der Waals surface area contributed by atoms with Crippen molar-refractivity contribution in [3.63, 3.8) is 0 Å². The molecule has 3 rings (SSSR count). The summed E-state index contributed by atoms with van der Waals surface area (Å²) in [5, 5.41) is 18.0. The number of nitrogens with one attached hydrogen (secondary N) is 1. The molecule has 1 aliphatic heterocycles. The smallest absolute Gasteiger partial charge is 0.125 e. The molecule has 5 nitrogen and oxygen atoms in total. The molecule has 2 N–H and O–H groups in total. The molecule has 118 valence electrons. The summed E-state index contributed by atoms with van der Waals surface area (Å²) < 4.78 is 7.31. The van der Waals surface area contributed by atoms with Crippen LogP contribution in [0.2, 0.25) is 5.02 Å². The average molecular weight is 322 g/mol. The van der Waals surface area contributed by atoms with E-state index in [0.717, 1.165) is 36.5 Å². The normalized spacial score (nSPS) is 18.4. The molecule has 1 aromatic carbocycles. The van der Waals surface area contributed by atoms with E-state index in [1.54, 1.807) is 4.68 Å². The number of hydrogen-bond acceptors (Lipinski definition) is 4. The van der Waals surface area contributed by atoms with Gasteiger partial charge >= 0.3 is 0 Å². The molecule has 1 saturated heterocycles. The maximum Gasteiger partial charge on any atom is 0.125 e. The third-order valence-corrected chi connectivity index (χ3v) is 4.00. The van der Waals surface area contributed by atoms with Crippen molar-refractivity contribution < 1.29 is 9.84 Å². The van der Waals surface area contributed by atoms with Gasteiger partial charge in [0.05, 0.1) is 31.5 Å². The van der Waals surface area contributed by atoms with Gasteiger partial charge in [-0.25, -0.2) is 4.68 Å². The van der Waals surface area contributed by atoms with Crippen LogP contribution >= 0.6 is 11.6 Å². The zero-order valence-electron chi connectivity index (χ0n) is 12.3. The highest BCUT2D eigenvalue weighted by atomic mass is 35.5. The summed E-state index contributed by atoms with van der Waals surface area (Å²) in [5.74, 6) is 0.912. The van der Waals surface area contributed by atoms with Gasteiger partial charge in [0.15, 0.2) is 0 Å². The molecule has 1 fully saturated rings. The van der Waals surface area contributed by atoms with Gasteiger partial charge in [0.2, 0.25) is 0 Å². The average Bonchev–Trinajstić information content (AvgIpc) is 2.92. The molecule has 0 saturated carbocycles. The summed E-state index contributed by atoms with van der Waals surface area (Å²) in [4.78, 5) is 0. The van der Waals surface area contributed by atoms with E-state index in [2.05, 4.69) is 10.4 Å². The van der Waals surface area contributed by atoms with Gasteiger partial charge < -0.3 is 15.2 Å². The van der Waals surface area contributed by atoms with Gasteiger partial charge in [-0.05, 0) is 25.0 Å². The molecule has 1 aromatic heterocycles. The van der Waals surface area contributed by atoms with Gasteiger partial charge in [0.1, 0.15) is 5.82 Å². The second kappa shape index (κ2) is 7.13. The van der Waals surface area contributed by atoms with Gasteiger partial charge in [0, 0.05) is 23.3 Å². The number of aliphatic hydroxyl groups is 1. The van der Waals surface area contributed by atoms with Gasteiger partial charge in [-0.3, -0.25) is 0 Å². The molecular weight excluding hydrogens is 302 g/mol. The first-order valence-electron chi connectivity index (χ1n) is 7.55. The Morgan fingerprint density at radius 2 is 2.18 bits per heavy atom. The second-order valence-corrected chi connectivity index (χ2v) is 5.86. The maximum absolute atomic E-state index is 9.24. The number of anilines is 1. The van der Waals surface area contributed by atoms with Crippen LogP contribution in [-0.2, 0) is 11.3 Å². The number of rotatable bonds is 5. The first-order chi connectivity index (χ1) is 10.8. The highest BCUT2D eigenvalue weighted by molar-refractivity contribution is 6.30. The molecule has 1 atom stereocenters. The summed E-state index contributed by atoms with van der Waals surface area (Å²) >= 11 is 5.93. The van der Waals surface area contributed by atoms with Gasteiger partial charge in [-0.1, -0.05) is 23.7 Å². The second-order valence-electron chi connectivity index (χ2n) is 5.43. The molecule has 0 bridgehead atoms. The molecular formula is C16H20ClN3O2. The van der Waals surface area contributed by atoms with Crippen LogP contribution in [0.15, 0.2) is 30.3 Å². The third kappa shape index (κ3) is 3.61. The molecule has 0 amide bonds. The summed E-state index contributed by atoms with van der Waals surface area (Å²) in [6.45, 7) is 2.06. The fourth-order valence-electron chi connectivity index (χ4n) is 2.62. The van der Waals surface area contributed by atoms with Crippen molar-refractivity contribution in [2.75, 3.05) is 25.1 Å². The minimum Gasteiger partial charge on any atom is -0.394 e. The lowest BCUT2D eigenvalue weighted by Gasteiger charge is -2.24. The molecule has 1 aliphatic rings. The zero-order valence-corrected chi connectivity index (χ0v) is 13.1. The lowest BCUT2D eigenvalue weighted by molar-refractivity contribution is 0.0873. The van der Waals surface area contributed by atoms with Crippen molar-refractivity contribution >= 4 is 17.4 Å². The Bertz CT molecular complexity index is 606. The Balaban J connectivity index is 1.82. The highest BCUT2D eigenvalue weighted by Crippen LogP contribution is 2.24. The quantitative estimate of drug-likeness (QED) is 0.889. The SMILES string of the molecule is OCCn1nc(-c2ccc(Cl)cc2)cc1NC1CCCOC1. The summed E-state index contributed by atoms with van der Waals surface area (Å²) in [7, 11) is 0. The molecule has 1 unspecified atom stereocenters. The van der Waals surface area contributed by atoms with Gasteiger partial charge in [0.25, 0.3) is 0 Å². The van der Waals surface area contributed by atoms with Crippen molar-refractivity contribution in [2.45, 2.75) is 25.4 Å². The fourth-order valence-corrected chi connectivity index (χ4v) is 2.75. The van der Waals surface area contributed by atoms with Crippen LogP contribution in [0.4, 0.5) is 5.82 Å². The van der Waals surface area contributed by atoms with Crippen molar-refractivity contribution in [3.8, 4) is 11.3 Å². The molecule has 0 aliphatic carbocycles. The molecule has 2 heterocycles. The lowest BCUT2D eigenvalue weighted by Crippen LogP contribution is -2.31. The van der Waals surface area contributed by atoms with Crippen LogP contribution < -0.4 is 5.32 Å². The van der Waals surface area contributed by atoms with E-state index in [1.807, 2.05) is 30.3 Å². The van der Waals surface area contributed by atoms with Crippen LogP contribution in [0.5, 0.6) is 0 Å². The van der Waals surface area contributed by atoms with Crippen molar-refractivity contribution in [3.05, 3.63) is 35.4 Å².